The third-order valence-corrected chi connectivity index (χ3v) is 6.15. The summed E-state index contributed by atoms with van der Waals surface area (Å²) in [7, 11) is 0. The summed E-state index contributed by atoms with van der Waals surface area (Å²) in [6, 6.07) is 9.07. The van der Waals surface area contributed by atoms with Crippen molar-refractivity contribution in [1.29, 1.82) is 0 Å². The zero-order valence-electron chi connectivity index (χ0n) is 13.2. The molecule has 0 amide bonds. The van der Waals surface area contributed by atoms with Crippen molar-refractivity contribution < 1.29 is 0 Å². The molecule has 1 heterocycles. The van der Waals surface area contributed by atoms with Crippen molar-refractivity contribution in [2.45, 2.75) is 58.0 Å². The zero-order chi connectivity index (χ0) is 14.7. The molecule has 21 heavy (non-hydrogen) atoms. The first-order valence-electron chi connectivity index (χ1n) is 8.20. The minimum absolute atomic E-state index is 0.278. The van der Waals surface area contributed by atoms with Gasteiger partial charge in [0, 0.05) is 11.4 Å². The first kappa shape index (κ1) is 15.1. The number of hydrogen-bond donors (Lipinski definition) is 2. The number of benzene rings is 1. The van der Waals surface area contributed by atoms with Crippen LogP contribution in [0.1, 0.15) is 57.1 Å². The van der Waals surface area contributed by atoms with Gasteiger partial charge in [-0.1, -0.05) is 50.5 Å². The van der Waals surface area contributed by atoms with Gasteiger partial charge in [0.1, 0.15) is 0 Å². The Balaban J connectivity index is 1.79. The van der Waals surface area contributed by atoms with E-state index in [0.29, 0.717) is 0 Å². The second-order valence-electron chi connectivity index (χ2n) is 6.28. The van der Waals surface area contributed by atoms with Crippen LogP contribution in [0, 0.1) is 0 Å². The molecule has 0 radical (unpaired) electrons. The fourth-order valence-corrected chi connectivity index (χ4v) is 4.73. The molecule has 1 aliphatic heterocycles. The van der Waals surface area contributed by atoms with Crippen LogP contribution in [0.15, 0.2) is 29.8 Å². The molecule has 0 saturated heterocycles. The average molecular weight is 302 g/mol. The van der Waals surface area contributed by atoms with Gasteiger partial charge in [0.25, 0.3) is 0 Å². The normalized spacial score (nSPS) is 21.2. The van der Waals surface area contributed by atoms with E-state index in [2.05, 4.69) is 48.2 Å². The summed E-state index contributed by atoms with van der Waals surface area (Å²) < 4.78 is 3.75. The summed E-state index contributed by atoms with van der Waals surface area (Å²) in [5.74, 6) is 0. The van der Waals surface area contributed by atoms with Gasteiger partial charge >= 0.3 is 0 Å². The van der Waals surface area contributed by atoms with Gasteiger partial charge in [-0.2, -0.15) is 0 Å². The van der Waals surface area contributed by atoms with Crippen molar-refractivity contribution in [3.63, 3.8) is 0 Å². The highest BCUT2D eigenvalue weighted by Gasteiger charge is 2.39. The van der Waals surface area contributed by atoms with Crippen LogP contribution >= 0.6 is 11.9 Å². The van der Waals surface area contributed by atoms with E-state index in [4.69, 9.17) is 0 Å². The first-order valence-corrected chi connectivity index (χ1v) is 9.02. The van der Waals surface area contributed by atoms with Crippen molar-refractivity contribution in [2.75, 3.05) is 6.54 Å². The van der Waals surface area contributed by atoms with E-state index in [1.807, 2.05) is 11.9 Å². The van der Waals surface area contributed by atoms with Gasteiger partial charge in [-0.05, 0) is 55.0 Å². The minimum Gasteiger partial charge on any atom is -0.313 e. The molecule has 2 aliphatic rings. The number of nitrogens with one attached hydrogen (secondary N) is 2. The molecule has 0 aromatic heterocycles. The molecular weight excluding hydrogens is 276 g/mol. The zero-order valence-corrected chi connectivity index (χ0v) is 14.0. The standard InChI is InChI=1S/C18H26N2S/c1-3-19-13-15-7-9-16(10-8-15)17-14(2)18(20-21-17)11-5-4-6-12-18/h7-10,19-20H,3-6,11-13H2,1-2H3. The highest BCUT2D eigenvalue weighted by atomic mass is 32.2. The van der Waals surface area contributed by atoms with Gasteiger partial charge in [0.15, 0.2) is 0 Å². The summed E-state index contributed by atoms with van der Waals surface area (Å²) in [6.45, 7) is 6.46. The van der Waals surface area contributed by atoms with Gasteiger partial charge in [-0.3, -0.25) is 0 Å². The number of hydrogen-bond acceptors (Lipinski definition) is 3. The van der Waals surface area contributed by atoms with Gasteiger partial charge in [0.05, 0.1) is 5.54 Å². The molecule has 1 aliphatic carbocycles. The van der Waals surface area contributed by atoms with Crippen molar-refractivity contribution in [1.82, 2.24) is 10.0 Å². The Morgan fingerprint density at radius 3 is 2.52 bits per heavy atom. The van der Waals surface area contributed by atoms with Crippen LogP contribution in [-0.2, 0) is 6.54 Å². The van der Waals surface area contributed by atoms with E-state index >= 15 is 0 Å². The highest BCUT2D eigenvalue weighted by molar-refractivity contribution is 8.06. The van der Waals surface area contributed by atoms with E-state index in [0.717, 1.165) is 13.1 Å². The molecule has 2 N–H and O–H groups in total. The van der Waals surface area contributed by atoms with Crippen LogP contribution in [0.5, 0.6) is 0 Å². The minimum atomic E-state index is 0.278. The molecule has 1 aromatic rings. The van der Waals surface area contributed by atoms with Crippen molar-refractivity contribution in [2.24, 2.45) is 0 Å². The summed E-state index contributed by atoms with van der Waals surface area (Å²) in [5.41, 5.74) is 4.57. The molecule has 1 spiro atoms. The Morgan fingerprint density at radius 2 is 1.86 bits per heavy atom. The largest absolute Gasteiger partial charge is 0.313 e. The van der Waals surface area contributed by atoms with Crippen LogP contribution in [0.25, 0.3) is 4.91 Å². The predicted octanol–water partition coefficient (Wildman–Crippen LogP) is 4.48. The molecule has 1 fully saturated rings. The third kappa shape index (κ3) is 3.05. The molecule has 2 nitrogen and oxygen atoms in total. The van der Waals surface area contributed by atoms with Crippen LogP contribution in [0.2, 0.25) is 0 Å². The van der Waals surface area contributed by atoms with Gasteiger partial charge in [-0.15, -0.1) is 0 Å². The van der Waals surface area contributed by atoms with Gasteiger partial charge < -0.3 is 5.32 Å². The van der Waals surface area contributed by atoms with E-state index in [1.165, 1.54) is 48.1 Å². The van der Waals surface area contributed by atoms with E-state index in [1.54, 1.807) is 5.57 Å². The average Bonchev–Trinajstić information content (AvgIpc) is 2.84. The summed E-state index contributed by atoms with van der Waals surface area (Å²) in [4.78, 5) is 1.45. The smallest absolute Gasteiger partial charge is 0.0506 e. The topological polar surface area (TPSA) is 24.1 Å². The lowest BCUT2D eigenvalue weighted by Crippen LogP contribution is -2.41. The SMILES string of the molecule is CCNCc1ccc(C2=C(C)C3(CCCCC3)NS2)cc1. The van der Waals surface area contributed by atoms with E-state index < -0.39 is 0 Å². The fourth-order valence-electron chi connectivity index (χ4n) is 3.47. The maximum Gasteiger partial charge on any atom is 0.0506 e. The van der Waals surface area contributed by atoms with Crippen LogP contribution in [0.4, 0.5) is 0 Å². The maximum atomic E-state index is 3.75. The lowest BCUT2D eigenvalue weighted by Gasteiger charge is -2.34. The highest BCUT2D eigenvalue weighted by Crippen LogP contribution is 2.47. The van der Waals surface area contributed by atoms with Crippen LogP contribution in [0.3, 0.4) is 0 Å². The van der Waals surface area contributed by atoms with Gasteiger partial charge in [-0.25, -0.2) is 4.72 Å². The number of rotatable bonds is 4. The van der Waals surface area contributed by atoms with Gasteiger partial charge in [0.2, 0.25) is 0 Å². The second kappa shape index (κ2) is 6.55. The van der Waals surface area contributed by atoms with Crippen molar-refractivity contribution >= 4 is 16.9 Å². The second-order valence-corrected chi connectivity index (χ2v) is 7.09. The predicted molar refractivity (Wildman–Crippen MR) is 93.0 cm³/mol. The summed E-state index contributed by atoms with van der Waals surface area (Å²) in [5, 5.41) is 3.38. The molecule has 3 rings (SSSR count). The molecule has 0 bridgehead atoms. The molecule has 3 heteroatoms. The first-order chi connectivity index (χ1) is 10.2. The third-order valence-electron chi connectivity index (χ3n) is 4.91. The van der Waals surface area contributed by atoms with E-state index in [-0.39, 0.29) is 5.54 Å². The fraction of sp³-hybridized carbons (Fsp3) is 0.556. The Hall–Kier alpha value is -0.770. The molecular formula is C18H26N2S. The van der Waals surface area contributed by atoms with Crippen LogP contribution in [-0.4, -0.2) is 12.1 Å². The molecule has 0 atom stereocenters. The van der Waals surface area contributed by atoms with Crippen molar-refractivity contribution in [3.05, 3.63) is 41.0 Å². The molecule has 1 aromatic carbocycles. The lowest BCUT2D eigenvalue weighted by atomic mass is 9.77. The Morgan fingerprint density at radius 1 is 1.14 bits per heavy atom. The molecule has 0 unspecified atom stereocenters. The van der Waals surface area contributed by atoms with Crippen LogP contribution < -0.4 is 10.0 Å². The quantitative estimate of drug-likeness (QED) is 0.802. The van der Waals surface area contributed by atoms with Crippen molar-refractivity contribution in [3.8, 4) is 0 Å². The van der Waals surface area contributed by atoms with E-state index in [9.17, 15) is 0 Å². The molecule has 1 saturated carbocycles. The molecule has 114 valence electrons. The lowest BCUT2D eigenvalue weighted by molar-refractivity contribution is 0.326. The Labute approximate surface area is 132 Å². The summed E-state index contributed by atoms with van der Waals surface area (Å²) >= 11 is 1.85. The maximum absolute atomic E-state index is 3.75. The Kier molecular flexibility index (Phi) is 4.72. The summed E-state index contributed by atoms with van der Waals surface area (Å²) in [6.07, 6.45) is 6.72. The monoisotopic (exact) mass is 302 g/mol. The Bertz CT molecular complexity index is 513.